The van der Waals surface area contributed by atoms with Gasteiger partial charge in [0.1, 0.15) is 0 Å². The number of rotatable bonds is 7. The number of carbonyl (C=O) groups is 2. The summed E-state index contributed by atoms with van der Waals surface area (Å²) in [4.78, 5) is 32.9. The van der Waals surface area contributed by atoms with Crippen molar-refractivity contribution in [2.24, 2.45) is 5.92 Å². The maximum Gasteiger partial charge on any atom is 0.229 e. The normalized spacial score (nSPS) is 16.4. The van der Waals surface area contributed by atoms with E-state index in [9.17, 15) is 9.59 Å². The van der Waals surface area contributed by atoms with Crippen LogP contribution in [-0.4, -0.2) is 41.3 Å². The van der Waals surface area contributed by atoms with Gasteiger partial charge in [-0.3, -0.25) is 14.6 Å². The lowest BCUT2D eigenvalue weighted by atomic mass is 10.1. The van der Waals surface area contributed by atoms with Crippen LogP contribution in [0.1, 0.15) is 25.8 Å². The Kier molecular flexibility index (Phi) is 6.06. The van der Waals surface area contributed by atoms with Gasteiger partial charge in [-0.15, -0.1) is 0 Å². The Labute approximate surface area is 160 Å². The number of hydrogen-bond acceptors (Lipinski definition) is 4. The third kappa shape index (κ3) is 4.64. The number of hydrogen-bond donors (Lipinski definition) is 1. The number of anilines is 2. The zero-order valence-electron chi connectivity index (χ0n) is 15.9. The van der Waals surface area contributed by atoms with Gasteiger partial charge in [0.25, 0.3) is 0 Å². The largest absolute Gasteiger partial charge is 0.372 e. The summed E-state index contributed by atoms with van der Waals surface area (Å²) in [6.45, 7) is 7.06. The van der Waals surface area contributed by atoms with Crippen molar-refractivity contribution in [3.05, 3.63) is 54.4 Å². The van der Waals surface area contributed by atoms with E-state index < -0.39 is 0 Å². The van der Waals surface area contributed by atoms with Gasteiger partial charge in [-0.25, -0.2) is 0 Å². The Morgan fingerprint density at radius 3 is 2.59 bits per heavy atom. The first kappa shape index (κ1) is 18.9. The van der Waals surface area contributed by atoms with Crippen LogP contribution < -0.4 is 10.2 Å². The Balaban J connectivity index is 1.57. The fourth-order valence-electron chi connectivity index (χ4n) is 3.40. The first-order chi connectivity index (χ1) is 13.1. The molecule has 0 aliphatic carbocycles. The number of nitrogens with zero attached hydrogens (tertiary/aromatic N) is 3. The van der Waals surface area contributed by atoms with Crippen molar-refractivity contribution >= 4 is 23.2 Å². The molecule has 0 bridgehead atoms. The Morgan fingerprint density at radius 2 is 1.96 bits per heavy atom. The van der Waals surface area contributed by atoms with Crippen molar-refractivity contribution in [1.29, 1.82) is 0 Å². The van der Waals surface area contributed by atoms with Crippen LogP contribution in [0.5, 0.6) is 0 Å². The van der Waals surface area contributed by atoms with E-state index in [0.717, 1.165) is 30.0 Å². The zero-order chi connectivity index (χ0) is 19.2. The number of aromatic nitrogens is 1. The van der Waals surface area contributed by atoms with Gasteiger partial charge in [-0.1, -0.05) is 6.07 Å². The van der Waals surface area contributed by atoms with Crippen LogP contribution in [0.25, 0.3) is 0 Å². The van der Waals surface area contributed by atoms with Gasteiger partial charge in [0.05, 0.1) is 5.92 Å². The van der Waals surface area contributed by atoms with Gasteiger partial charge >= 0.3 is 0 Å². The fourth-order valence-corrected chi connectivity index (χ4v) is 3.40. The summed E-state index contributed by atoms with van der Waals surface area (Å²) in [5, 5.41) is 2.94. The van der Waals surface area contributed by atoms with Gasteiger partial charge in [0.15, 0.2) is 0 Å². The molecule has 1 unspecified atom stereocenters. The predicted molar refractivity (Wildman–Crippen MR) is 106 cm³/mol. The summed E-state index contributed by atoms with van der Waals surface area (Å²) in [6, 6.07) is 11.6. The van der Waals surface area contributed by atoms with E-state index in [0.29, 0.717) is 13.1 Å². The molecule has 1 aromatic carbocycles. The van der Waals surface area contributed by atoms with Crippen molar-refractivity contribution in [1.82, 2.24) is 9.88 Å². The second-order valence-electron chi connectivity index (χ2n) is 6.74. The van der Waals surface area contributed by atoms with Crippen LogP contribution in [0, 0.1) is 5.92 Å². The molecule has 1 aliphatic rings. The van der Waals surface area contributed by atoms with Gasteiger partial charge in [-0.2, -0.15) is 0 Å². The highest BCUT2D eigenvalue weighted by Crippen LogP contribution is 2.23. The van der Waals surface area contributed by atoms with Crippen molar-refractivity contribution < 1.29 is 9.59 Å². The zero-order valence-corrected chi connectivity index (χ0v) is 15.9. The molecule has 1 saturated heterocycles. The molecule has 1 atom stereocenters. The topological polar surface area (TPSA) is 65.5 Å². The third-order valence-corrected chi connectivity index (χ3v) is 4.94. The lowest BCUT2D eigenvalue weighted by molar-refractivity contribution is -0.128. The maximum atomic E-state index is 12.6. The summed E-state index contributed by atoms with van der Waals surface area (Å²) in [5.41, 5.74) is 2.87. The summed E-state index contributed by atoms with van der Waals surface area (Å²) in [6.07, 6.45) is 3.71. The van der Waals surface area contributed by atoms with E-state index in [4.69, 9.17) is 0 Å². The van der Waals surface area contributed by atoms with Crippen LogP contribution in [-0.2, 0) is 16.1 Å². The summed E-state index contributed by atoms with van der Waals surface area (Å²) in [5.74, 6) is -0.417. The predicted octanol–water partition coefficient (Wildman–Crippen LogP) is 2.92. The molecular weight excluding hydrogens is 340 g/mol. The average Bonchev–Trinajstić information content (AvgIpc) is 3.05. The highest BCUT2D eigenvalue weighted by Gasteiger charge is 2.34. The number of pyridine rings is 1. The molecule has 0 radical (unpaired) electrons. The second kappa shape index (κ2) is 8.66. The molecule has 1 N–H and O–H groups in total. The average molecular weight is 366 g/mol. The smallest absolute Gasteiger partial charge is 0.229 e. The van der Waals surface area contributed by atoms with E-state index in [1.165, 1.54) is 0 Å². The standard InChI is InChI=1S/C21H26N4O2/c1-3-24(4-2)19-9-7-18(8-10-19)23-21(27)17-12-20(26)25(15-17)14-16-6-5-11-22-13-16/h5-11,13,17H,3-4,12,14-15H2,1-2H3,(H,23,27). The van der Waals surface area contributed by atoms with E-state index in [1.54, 1.807) is 17.3 Å². The number of benzene rings is 1. The van der Waals surface area contributed by atoms with Crippen LogP contribution in [0.3, 0.4) is 0 Å². The molecule has 1 fully saturated rings. The minimum absolute atomic E-state index is 0.0101. The SMILES string of the molecule is CCN(CC)c1ccc(NC(=O)C2CC(=O)N(Cc3cccnc3)C2)cc1. The molecule has 2 heterocycles. The van der Waals surface area contributed by atoms with E-state index in [1.807, 2.05) is 36.4 Å². The molecule has 1 aliphatic heterocycles. The van der Waals surface area contributed by atoms with Crippen LogP contribution in [0.15, 0.2) is 48.8 Å². The molecule has 1 aromatic heterocycles. The van der Waals surface area contributed by atoms with Gasteiger partial charge in [0, 0.05) is 56.4 Å². The molecule has 6 heteroatoms. The van der Waals surface area contributed by atoms with Crippen molar-refractivity contribution in [2.75, 3.05) is 29.9 Å². The Hall–Kier alpha value is -2.89. The minimum Gasteiger partial charge on any atom is -0.372 e. The highest BCUT2D eigenvalue weighted by molar-refractivity contribution is 5.97. The first-order valence-electron chi connectivity index (χ1n) is 9.43. The summed E-state index contributed by atoms with van der Waals surface area (Å²) < 4.78 is 0. The van der Waals surface area contributed by atoms with E-state index >= 15 is 0 Å². The molecule has 2 amide bonds. The van der Waals surface area contributed by atoms with Crippen molar-refractivity contribution in [3.63, 3.8) is 0 Å². The lowest BCUT2D eigenvalue weighted by Gasteiger charge is -2.21. The monoisotopic (exact) mass is 366 g/mol. The van der Waals surface area contributed by atoms with Crippen LogP contribution in [0.2, 0.25) is 0 Å². The van der Waals surface area contributed by atoms with Gasteiger partial charge < -0.3 is 15.1 Å². The molecule has 0 saturated carbocycles. The lowest BCUT2D eigenvalue weighted by Crippen LogP contribution is -2.28. The van der Waals surface area contributed by atoms with Crippen LogP contribution in [0.4, 0.5) is 11.4 Å². The molecule has 3 rings (SSSR count). The van der Waals surface area contributed by atoms with E-state index in [-0.39, 0.29) is 24.2 Å². The molecule has 142 valence electrons. The highest BCUT2D eigenvalue weighted by atomic mass is 16.2. The van der Waals surface area contributed by atoms with Gasteiger partial charge in [0.2, 0.25) is 11.8 Å². The minimum atomic E-state index is -0.323. The molecule has 0 spiro atoms. The van der Waals surface area contributed by atoms with Crippen LogP contribution >= 0.6 is 0 Å². The number of amides is 2. The molecule has 6 nitrogen and oxygen atoms in total. The molecular formula is C21H26N4O2. The van der Waals surface area contributed by atoms with Crippen molar-refractivity contribution in [3.8, 4) is 0 Å². The fraction of sp³-hybridized carbons (Fsp3) is 0.381. The second-order valence-corrected chi connectivity index (χ2v) is 6.74. The summed E-state index contributed by atoms with van der Waals surface area (Å²) in [7, 11) is 0. The quantitative estimate of drug-likeness (QED) is 0.818. The molecule has 2 aromatic rings. The third-order valence-electron chi connectivity index (χ3n) is 4.94. The van der Waals surface area contributed by atoms with Gasteiger partial charge in [-0.05, 0) is 49.7 Å². The molecule has 27 heavy (non-hydrogen) atoms. The Bertz CT molecular complexity index is 773. The number of nitrogens with one attached hydrogen (secondary N) is 1. The maximum absolute atomic E-state index is 12.6. The van der Waals surface area contributed by atoms with Crippen molar-refractivity contribution in [2.45, 2.75) is 26.8 Å². The summed E-state index contributed by atoms with van der Waals surface area (Å²) >= 11 is 0. The Morgan fingerprint density at radius 1 is 1.22 bits per heavy atom. The number of carbonyl (C=O) groups excluding carboxylic acids is 2. The first-order valence-corrected chi connectivity index (χ1v) is 9.43. The van der Waals surface area contributed by atoms with E-state index in [2.05, 4.69) is 29.0 Å². The number of likely N-dealkylation sites (tertiary alicyclic amines) is 1.